The Morgan fingerprint density at radius 1 is 1.24 bits per heavy atom. The van der Waals surface area contributed by atoms with E-state index >= 15 is 0 Å². The van der Waals surface area contributed by atoms with Crippen LogP contribution in [0.3, 0.4) is 0 Å². The Hall–Kier alpha value is -1.29. The first kappa shape index (κ1) is 16.1. The number of anilines is 1. The third-order valence-electron chi connectivity index (χ3n) is 4.04. The van der Waals surface area contributed by atoms with Gasteiger partial charge in [0.05, 0.1) is 5.69 Å². The van der Waals surface area contributed by atoms with Gasteiger partial charge in [0.25, 0.3) is 0 Å². The molecule has 0 saturated carbocycles. The molecule has 0 bridgehead atoms. The van der Waals surface area contributed by atoms with E-state index in [0.717, 1.165) is 33.5 Å². The predicted octanol–water partition coefficient (Wildman–Crippen LogP) is 5.12. The molecule has 3 nitrogen and oxygen atoms in total. The van der Waals surface area contributed by atoms with Crippen LogP contribution in [0.5, 0.6) is 0 Å². The van der Waals surface area contributed by atoms with E-state index < -0.39 is 0 Å². The van der Waals surface area contributed by atoms with Gasteiger partial charge in [0.1, 0.15) is 5.82 Å². The summed E-state index contributed by atoms with van der Waals surface area (Å²) < 4.78 is 2.88. The van der Waals surface area contributed by atoms with Gasteiger partial charge in [0.15, 0.2) is 0 Å². The number of halogens is 1. The normalized spacial score (nSPS) is 12.6. The first-order valence-corrected chi connectivity index (χ1v) is 8.46. The second-order valence-corrected chi connectivity index (χ2v) is 6.44. The Bertz CT molecular complexity index is 587. The Labute approximate surface area is 135 Å². The summed E-state index contributed by atoms with van der Waals surface area (Å²) >= 11 is 3.48. The number of hydrogen-bond acceptors (Lipinski definition) is 2. The summed E-state index contributed by atoms with van der Waals surface area (Å²) in [6, 6.07) is 8.32. The minimum atomic E-state index is 0.479. The van der Waals surface area contributed by atoms with E-state index in [1.807, 2.05) is 7.05 Å². The van der Waals surface area contributed by atoms with E-state index in [1.165, 1.54) is 19.3 Å². The van der Waals surface area contributed by atoms with Crippen molar-refractivity contribution in [1.82, 2.24) is 9.78 Å². The number of unbranched alkanes of at least 4 members (excludes halogenated alkanes) is 1. The number of nitrogens with two attached hydrogens (primary N) is 1. The van der Waals surface area contributed by atoms with Crippen molar-refractivity contribution in [2.75, 3.05) is 5.73 Å². The number of aromatic nitrogens is 2. The Morgan fingerprint density at radius 3 is 2.48 bits per heavy atom. The monoisotopic (exact) mass is 349 g/mol. The van der Waals surface area contributed by atoms with Crippen LogP contribution in [-0.4, -0.2) is 9.78 Å². The van der Waals surface area contributed by atoms with Crippen molar-refractivity contribution in [2.45, 2.75) is 45.4 Å². The highest BCUT2D eigenvalue weighted by atomic mass is 79.9. The molecule has 4 heteroatoms. The lowest BCUT2D eigenvalue weighted by Crippen LogP contribution is -2.01. The number of nitrogens with zero attached hydrogens (tertiary/aromatic N) is 2. The molecular formula is C17H24BrN3. The molecule has 1 unspecified atom stereocenters. The van der Waals surface area contributed by atoms with E-state index in [2.05, 4.69) is 54.0 Å². The predicted molar refractivity (Wildman–Crippen MR) is 93.3 cm³/mol. The number of nitrogen functional groups attached to an aromatic ring is 1. The molecule has 1 atom stereocenters. The number of benzene rings is 1. The molecule has 1 aromatic heterocycles. The zero-order valence-electron chi connectivity index (χ0n) is 13.1. The maximum absolute atomic E-state index is 6.28. The van der Waals surface area contributed by atoms with Gasteiger partial charge >= 0.3 is 0 Å². The Balaban J connectivity index is 2.46. The van der Waals surface area contributed by atoms with Gasteiger partial charge in [0, 0.05) is 23.0 Å². The van der Waals surface area contributed by atoms with Crippen LogP contribution in [0.4, 0.5) is 5.82 Å². The van der Waals surface area contributed by atoms with Gasteiger partial charge in [-0.25, -0.2) is 0 Å². The van der Waals surface area contributed by atoms with Crippen molar-refractivity contribution in [1.29, 1.82) is 0 Å². The van der Waals surface area contributed by atoms with E-state index in [-0.39, 0.29) is 0 Å². The first-order chi connectivity index (χ1) is 10.1. The topological polar surface area (TPSA) is 43.8 Å². The van der Waals surface area contributed by atoms with Gasteiger partial charge in [-0.1, -0.05) is 54.8 Å². The highest BCUT2D eigenvalue weighted by Crippen LogP contribution is 2.37. The van der Waals surface area contributed by atoms with E-state index in [0.29, 0.717) is 5.92 Å². The Kier molecular flexibility index (Phi) is 5.45. The first-order valence-electron chi connectivity index (χ1n) is 7.66. The Morgan fingerprint density at radius 2 is 1.90 bits per heavy atom. The van der Waals surface area contributed by atoms with Gasteiger partial charge in [-0.3, -0.25) is 4.68 Å². The fourth-order valence-electron chi connectivity index (χ4n) is 2.74. The molecule has 2 N–H and O–H groups in total. The van der Waals surface area contributed by atoms with Crippen LogP contribution in [0.2, 0.25) is 0 Å². The van der Waals surface area contributed by atoms with Crippen LogP contribution in [0.25, 0.3) is 11.1 Å². The maximum atomic E-state index is 6.28. The van der Waals surface area contributed by atoms with Gasteiger partial charge in [0.2, 0.25) is 0 Å². The molecule has 0 aliphatic heterocycles. The lowest BCUT2D eigenvalue weighted by molar-refractivity contribution is 0.549. The van der Waals surface area contributed by atoms with Crippen LogP contribution in [-0.2, 0) is 7.05 Å². The van der Waals surface area contributed by atoms with E-state index in [4.69, 9.17) is 10.8 Å². The minimum Gasteiger partial charge on any atom is -0.383 e. The van der Waals surface area contributed by atoms with Crippen LogP contribution < -0.4 is 5.73 Å². The summed E-state index contributed by atoms with van der Waals surface area (Å²) in [6.45, 7) is 4.46. The third kappa shape index (κ3) is 3.49. The minimum absolute atomic E-state index is 0.479. The lowest BCUT2D eigenvalue weighted by Gasteiger charge is -2.14. The number of rotatable bonds is 6. The van der Waals surface area contributed by atoms with E-state index in [9.17, 15) is 0 Å². The van der Waals surface area contributed by atoms with E-state index in [1.54, 1.807) is 4.68 Å². The van der Waals surface area contributed by atoms with Crippen molar-refractivity contribution >= 4 is 21.7 Å². The largest absolute Gasteiger partial charge is 0.383 e. The van der Waals surface area contributed by atoms with Crippen molar-refractivity contribution in [3.05, 3.63) is 34.4 Å². The quantitative estimate of drug-likeness (QED) is 0.786. The summed E-state index contributed by atoms with van der Waals surface area (Å²) in [4.78, 5) is 0. The third-order valence-corrected chi connectivity index (χ3v) is 4.57. The molecule has 0 aliphatic rings. The molecule has 1 aromatic carbocycles. The molecule has 2 rings (SSSR count). The van der Waals surface area contributed by atoms with Gasteiger partial charge < -0.3 is 5.73 Å². The summed E-state index contributed by atoms with van der Waals surface area (Å²) in [7, 11) is 1.92. The average molecular weight is 350 g/mol. The van der Waals surface area contributed by atoms with Crippen molar-refractivity contribution < 1.29 is 0 Å². The molecule has 2 aromatic rings. The van der Waals surface area contributed by atoms with Crippen LogP contribution >= 0.6 is 15.9 Å². The second-order valence-electron chi connectivity index (χ2n) is 5.52. The highest BCUT2D eigenvalue weighted by molar-refractivity contribution is 9.10. The molecule has 0 spiro atoms. The van der Waals surface area contributed by atoms with Gasteiger partial charge in [-0.15, -0.1) is 0 Å². The molecule has 0 radical (unpaired) electrons. The van der Waals surface area contributed by atoms with Gasteiger partial charge in [-0.2, -0.15) is 5.10 Å². The van der Waals surface area contributed by atoms with Crippen LogP contribution in [0.15, 0.2) is 28.7 Å². The molecule has 0 fully saturated rings. The summed E-state index contributed by atoms with van der Waals surface area (Å²) in [6.07, 6.45) is 4.72. The maximum Gasteiger partial charge on any atom is 0.129 e. The summed E-state index contributed by atoms with van der Waals surface area (Å²) in [5.41, 5.74) is 9.68. The van der Waals surface area contributed by atoms with Crippen molar-refractivity contribution in [3.63, 3.8) is 0 Å². The second kappa shape index (κ2) is 7.12. The number of aryl methyl sites for hydroxylation is 1. The summed E-state index contributed by atoms with van der Waals surface area (Å²) in [5.74, 6) is 1.23. The lowest BCUT2D eigenvalue weighted by atomic mass is 9.91. The molecule has 0 saturated heterocycles. The molecule has 21 heavy (non-hydrogen) atoms. The highest BCUT2D eigenvalue weighted by Gasteiger charge is 2.22. The molecule has 0 aliphatic carbocycles. The fraction of sp³-hybridized carbons (Fsp3) is 0.471. The summed E-state index contributed by atoms with van der Waals surface area (Å²) in [5, 5.41) is 4.71. The molecule has 1 heterocycles. The van der Waals surface area contributed by atoms with Crippen molar-refractivity contribution in [3.8, 4) is 11.1 Å². The van der Waals surface area contributed by atoms with Crippen LogP contribution in [0.1, 0.15) is 51.1 Å². The fourth-order valence-corrected chi connectivity index (χ4v) is 3.01. The van der Waals surface area contributed by atoms with Gasteiger partial charge in [-0.05, 0) is 30.5 Å². The standard InChI is InChI=1S/C17H24BrN3/c1-4-6-7-12(5-2)16-15(17(19)21(3)20-16)13-8-10-14(18)11-9-13/h8-12H,4-7,19H2,1-3H3. The SMILES string of the molecule is CCCCC(CC)c1nn(C)c(N)c1-c1ccc(Br)cc1. The zero-order chi connectivity index (χ0) is 15.4. The zero-order valence-corrected chi connectivity index (χ0v) is 14.7. The molecule has 114 valence electrons. The number of hydrogen-bond donors (Lipinski definition) is 1. The average Bonchev–Trinajstić information content (AvgIpc) is 2.77. The van der Waals surface area contributed by atoms with Crippen LogP contribution in [0, 0.1) is 0 Å². The van der Waals surface area contributed by atoms with Crippen molar-refractivity contribution in [2.24, 2.45) is 7.05 Å². The molecular weight excluding hydrogens is 326 g/mol. The smallest absolute Gasteiger partial charge is 0.129 e. The molecule has 0 amide bonds.